The molecule has 36 heavy (non-hydrogen) atoms. The van der Waals surface area contributed by atoms with Gasteiger partial charge in [0.05, 0.1) is 5.32 Å². The summed E-state index contributed by atoms with van der Waals surface area (Å²) in [7, 11) is -1.40. The molecule has 0 fully saturated rings. The smallest absolute Gasteiger partial charge is 0.218 e. The topological polar surface area (TPSA) is 66.0 Å². The molecule has 0 saturated carbocycles. The van der Waals surface area contributed by atoms with Gasteiger partial charge in [-0.15, -0.1) is 5.10 Å². The van der Waals surface area contributed by atoms with Crippen LogP contribution in [0.1, 0.15) is 35.6 Å². The molecule has 188 valence electrons. The Kier molecular flexibility index (Phi) is 8.53. The highest BCUT2D eigenvalue weighted by Crippen LogP contribution is 2.19. The SMILES string of the molecule is C[Si](C)(C)c1cn(CCCCc2ccc(OCc3coc(/C=C/c4ccc(Br)cc4F)n3)cc2)nn1. The van der Waals surface area contributed by atoms with E-state index in [1.807, 2.05) is 16.8 Å². The van der Waals surface area contributed by atoms with Crippen molar-refractivity contribution in [3.8, 4) is 5.75 Å². The number of oxazole rings is 1. The number of hydrogen-bond acceptors (Lipinski definition) is 5. The van der Waals surface area contributed by atoms with E-state index in [-0.39, 0.29) is 5.82 Å². The van der Waals surface area contributed by atoms with Crippen molar-refractivity contribution in [2.24, 2.45) is 0 Å². The van der Waals surface area contributed by atoms with E-state index < -0.39 is 8.07 Å². The van der Waals surface area contributed by atoms with E-state index in [2.05, 4.69) is 69.2 Å². The van der Waals surface area contributed by atoms with Gasteiger partial charge in [0.15, 0.2) is 0 Å². The van der Waals surface area contributed by atoms with Crippen LogP contribution < -0.4 is 10.1 Å². The highest BCUT2D eigenvalue weighted by atomic mass is 79.9. The molecule has 9 heteroatoms. The van der Waals surface area contributed by atoms with Crippen molar-refractivity contribution in [1.29, 1.82) is 0 Å². The molecule has 4 aromatic rings. The minimum Gasteiger partial charge on any atom is -0.487 e. The first-order valence-electron chi connectivity index (χ1n) is 12.0. The number of hydrogen-bond donors (Lipinski definition) is 0. The van der Waals surface area contributed by atoms with Gasteiger partial charge in [-0.2, -0.15) is 0 Å². The van der Waals surface area contributed by atoms with E-state index in [1.165, 1.54) is 11.6 Å². The summed E-state index contributed by atoms with van der Waals surface area (Å²) in [6, 6.07) is 13.0. The van der Waals surface area contributed by atoms with E-state index in [1.54, 1.807) is 30.5 Å². The Morgan fingerprint density at radius 1 is 1.08 bits per heavy atom. The van der Waals surface area contributed by atoms with Gasteiger partial charge < -0.3 is 9.15 Å². The molecule has 0 atom stereocenters. The monoisotopic (exact) mass is 568 g/mol. The fraction of sp³-hybridized carbons (Fsp3) is 0.296. The summed E-state index contributed by atoms with van der Waals surface area (Å²) in [5.41, 5.74) is 2.40. The molecule has 2 aromatic heterocycles. The maximum Gasteiger partial charge on any atom is 0.218 e. The Bertz CT molecular complexity index is 1310. The molecule has 0 aliphatic rings. The molecule has 0 saturated heterocycles. The van der Waals surface area contributed by atoms with Crippen molar-refractivity contribution >= 4 is 41.5 Å². The molecule has 2 heterocycles. The van der Waals surface area contributed by atoms with Crippen LogP contribution in [0.2, 0.25) is 19.6 Å². The minimum absolute atomic E-state index is 0.292. The summed E-state index contributed by atoms with van der Waals surface area (Å²) in [6.45, 7) is 8.03. The standard InChI is InChI=1S/C27H30BrFN4O2Si/c1-36(2,3)27-17-33(32-31-27)15-5-4-6-20-7-12-24(13-8-20)34-18-23-19-35-26(30-23)14-10-21-9-11-22(28)16-25(21)29/h7-14,16-17,19H,4-6,15,18H2,1-3H3/b14-10+. The summed E-state index contributed by atoms with van der Waals surface area (Å²) in [4.78, 5) is 4.38. The maximum atomic E-state index is 13.9. The zero-order chi connectivity index (χ0) is 25.5. The molecule has 0 aliphatic carbocycles. The third kappa shape index (κ3) is 7.48. The van der Waals surface area contributed by atoms with Gasteiger partial charge >= 0.3 is 0 Å². The number of benzene rings is 2. The Balaban J connectivity index is 1.20. The molecule has 0 N–H and O–H groups in total. The fourth-order valence-corrected chi connectivity index (χ4v) is 4.74. The van der Waals surface area contributed by atoms with Crippen molar-refractivity contribution < 1.29 is 13.5 Å². The molecule has 6 nitrogen and oxygen atoms in total. The summed E-state index contributed by atoms with van der Waals surface area (Å²) in [5.74, 6) is 0.858. The molecule has 0 amide bonds. The summed E-state index contributed by atoms with van der Waals surface area (Å²) in [5, 5.41) is 9.76. The molecule has 0 spiro atoms. The number of aryl methyl sites for hydroxylation is 2. The summed E-state index contributed by atoms with van der Waals surface area (Å²) in [6.07, 6.45) is 10.1. The highest BCUT2D eigenvalue weighted by Gasteiger charge is 2.20. The van der Waals surface area contributed by atoms with Gasteiger partial charge in [0.2, 0.25) is 5.89 Å². The quantitative estimate of drug-likeness (QED) is 0.153. The summed E-state index contributed by atoms with van der Waals surface area (Å²) < 4.78 is 27.9. The molecule has 0 bridgehead atoms. The van der Waals surface area contributed by atoms with E-state index in [4.69, 9.17) is 9.15 Å². The first-order chi connectivity index (χ1) is 17.3. The molecular weight excluding hydrogens is 539 g/mol. The number of unbranched alkanes of at least 4 members (excludes halogenated alkanes) is 1. The second-order valence-corrected chi connectivity index (χ2v) is 15.6. The van der Waals surface area contributed by atoms with Crippen molar-refractivity contribution in [2.45, 2.75) is 52.1 Å². The van der Waals surface area contributed by atoms with Gasteiger partial charge in [-0.3, -0.25) is 4.68 Å². The maximum absolute atomic E-state index is 13.9. The van der Waals surface area contributed by atoms with Gasteiger partial charge in [0.25, 0.3) is 0 Å². The van der Waals surface area contributed by atoms with Gasteiger partial charge in [-0.05, 0) is 55.2 Å². The van der Waals surface area contributed by atoms with Crippen molar-refractivity contribution in [2.75, 3.05) is 0 Å². The lowest BCUT2D eigenvalue weighted by Gasteiger charge is -2.09. The molecule has 0 unspecified atom stereocenters. The van der Waals surface area contributed by atoms with E-state index in [0.29, 0.717) is 28.2 Å². The van der Waals surface area contributed by atoms with Crippen LogP contribution in [0.4, 0.5) is 4.39 Å². The number of ether oxygens (including phenoxy) is 1. The van der Waals surface area contributed by atoms with E-state index in [0.717, 1.165) is 36.9 Å². The molecule has 2 aromatic carbocycles. The zero-order valence-corrected chi connectivity index (χ0v) is 23.3. The zero-order valence-electron chi connectivity index (χ0n) is 20.7. The van der Waals surface area contributed by atoms with Crippen LogP contribution in [-0.2, 0) is 19.6 Å². The van der Waals surface area contributed by atoms with Gasteiger partial charge in [-0.25, -0.2) is 9.37 Å². The third-order valence-electron chi connectivity index (χ3n) is 5.66. The lowest BCUT2D eigenvalue weighted by Crippen LogP contribution is -2.38. The highest BCUT2D eigenvalue weighted by molar-refractivity contribution is 9.10. The van der Waals surface area contributed by atoms with Crippen molar-refractivity contribution in [3.63, 3.8) is 0 Å². The van der Waals surface area contributed by atoms with Crippen LogP contribution in [0.25, 0.3) is 12.2 Å². The Morgan fingerprint density at radius 3 is 2.61 bits per heavy atom. The van der Waals surface area contributed by atoms with Gasteiger partial charge in [0.1, 0.15) is 38.2 Å². The van der Waals surface area contributed by atoms with Crippen LogP contribution in [-0.4, -0.2) is 28.1 Å². The first-order valence-corrected chi connectivity index (χ1v) is 16.3. The van der Waals surface area contributed by atoms with E-state index >= 15 is 0 Å². The first kappa shape index (κ1) is 26.0. The number of nitrogens with zero attached hydrogens (tertiary/aromatic N) is 4. The molecule has 0 aliphatic heterocycles. The number of aromatic nitrogens is 4. The van der Waals surface area contributed by atoms with Crippen LogP contribution in [0.5, 0.6) is 5.75 Å². The fourth-order valence-electron chi connectivity index (χ4n) is 3.53. The molecule has 0 radical (unpaired) electrons. The van der Waals surface area contributed by atoms with Crippen molar-refractivity contribution in [1.82, 2.24) is 20.0 Å². The minimum atomic E-state index is -1.40. The Hall–Kier alpha value is -3.04. The average molecular weight is 570 g/mol. The lowest BCUT2D eigenvalue weighted by atomic mass is 10.1. The molecule has 4 rings (SSSR count). The van der Waals surface area contributed by atoms with Crippen LogP contribution >= 0.6 is 15.9 Å². The predicted octanol–water partition coefficient (Wildman–Crippen LogP) is 6.49. The van der Waals surface area contributed by atoms with Gasteiger partial charge in [0, 0.05) is 28.9 Å². The van der Waals surface area contributed by atoms with Crippen LogP contribution in [0, 0.1) is 5.82 Å². The average Bonchev–Trinajstić information content (AvgIpc) is 3.50. The number of halogens is 2. The Morgan fingerprint density at radius 2 is 1.89 bits per heavy atom. The van der Waals surface area contributed by atoms with Crippen LogP contribution in [0.3, 0.4) is 0 Å². The van der Waals surface area contributed by atoms with E-state index in [9.17, 15) is 4.39 Å². The van der Waals surface area contributed by atoms with Crippen LogP contribution in [0.15, 0.2) is 63.8 Å². The molecular formula is C27H30BrFN4O2Si. The largest absolute Gasteiger partial charge is 0.487 e. The predicted molar refractivity (Wildman–Crippen MR) is 146 cm³/mol. The Labute approximate surface area is 220 Å². The normalized spacial score (nSPS) is 11.9. The van der Waals surface area contributed by atoms with Gasteiger partial charge in [-0.1, -0.05) is 59.0 Å². The second kappa shape index (κ2) is 11.8. The number of rotatable bonds is 11. The third-order valence-corrected chi connectivity index (χ3v) is 7.92. The lowest BCUT2D eigenvalue weighted by molar-refractivity contribution is 0.301. The summed E-state index contributed by atoms with van der Waals surface area (Å²) >= 11 is 3.25. The second-order valence-electron chi connectivity index (χ2n) is 9.68. The van der Waals surface area contributed by atoms with Crippen molar-refractivity contribution in [3.05, 3.63) is 87.9 Å².